The fourth-order valence-electron chi connectivity index (χ4n) is 2.56. The summed E-state index contributed by atoms with van der Waals surface area (Å²) in [6, 6.07) is 6.00. The predicted octanol–water partition coefficient (Wildman–Crippen LogP) is 3.53. The molecule has 1 heterocycles. The molecule has 1 atom stereocenters. The van der Waals surface area contributed by atoms with E-state index >= 15 is 0 Å². The van der Waals surface area contributed by atoms with Crippen LogP contribution in [0.15, 0.2) is 23.2 Å². The molecule has 7 heteroatoms. The van der Waals surface area contributed by atoms with Crippen molar-refractivity contribution in [3.05, 3.63) is 29.6 Å². The Morgan fingerprint density at radius 2 is 2.00 bits per heavy atom. The Hall–Kier alpha value is -2.31. The highest BCUT2D eigenvalue weighted by Crippen LogP contribution is 2.07. The van der Waals surface area contributed by atoms with Gasteiger partial charge in [0.15, 0.2) is 5.96 Å². The number of aryl methyl sites for hydroxylation is 1. The number of carbonyl (C=O) groups excluding carboxylic acids is 1. The number of ether oxygens (including phenoxy) is 1. The number of aliphatic imine (C=N–C) groups is 1. The number of nitrogens with one attached hydrogen (secondary N) is 3. The third-order valence-corrected chi connectivity index (χ3v) is 3.83. The third-order valence-electron chi connectivity index (χ3n) is 3.83. The number of pyridine rings is 1. The Bertz CT molecular complexity index is 625. The van der Waals surface area contributed by atoms with Crippen molar-refractivity contribution < 1.29 is 9.53 Å². The van der Waals surface area contributed by atoms with Gasteiger partial charge in [-0.15, -0.1) is 0 Å². The van der Waals surface area contributed by atoms with Crippen molar-refractivity contribution in [2.45, 2.75) is 79.0 Å². The first-order valence-electron chi connectivity index (χ1n) is 10.2. The van der Waals surface area contributed by atoms with Crippen LogP contribution >= 0.6 is 0 Å². The molecule has 1 amide bonds. The Morgan fingerprint density at radius 3 is 2.61 bits per heavy atom. The molecule has 1 rings (SSSR count). The van der Waals surface area contributed by atoms with Gasteiger partial charge in [0.2, 0.25) is 0 Å². The van der Waals surface area contributed by atoms with Crippen molar-refractivity contribution in [1.82, 2.24) is 20.9 Å². The maximum absolute atomic E-state index is 12.0. The van der Waals surface area contributed by atoms with Gasteiger partial charge in [0.25, 0.3) is 0 Å². The van der Waals surface area contributed by atoms with Crippen molar-refractivity contribution in [3.8, 4) is 0 Å². The molecule has 1 aromatic heterocycles. The molecule has 0 saturated heterocycles. The molecule has 3 N–H and O–H groups in total. The van der Waals surface area contributed by atoms with E-state index in [0.717, 1.165) is 43.2 Å². The van der Waals surface area contributed by atoms with Crippen molar-refractivity contribution in [2.24, 2.45) is 4.99 Å². The molecule has 0 fully saturated rings. The number of carbonyl (C=O) groups is 1. The summed E-state index contributed by atoms with van der Waals surface area (Å²) >= 11 is 0. The molecule has 0 aliphatic rings. The van der Waals surface area contributed by atoms with Crippen LogP contribution in [0, 0.1) is 6.92 Å². The molecule has 0 radical (unpaired) electrons. The number of hydrogen-bond acceptors (Lipinski definition) is 4. The zero-order valence-corrected chi connectivity index (χ0v) is 18.3. The molecule has 1 unspecified atom stereocenters. The number of nitrogens with zero attached hydrogens (tertiary/aromatic N) is 2. The molecule has 158 valence electrons. The Labute approximate surface area is 169 Å². The van der Waals surface area contributed by atoms with E-state index in [0.29, 0.717) is 13.1 Å². The van der Waals surface area contributed by atoms with E-state index in [4.69, 9.17) is 4.74 Å². The minimum atomic E-state index is -0.506. The van der Waals surface area contributed by atoms with Gasteiger partial charge in [-0.3, -0.25) is 4.98 Å². The molecule has 28 heavy (non-hydrogen) atoms. The van der Waals surface area contributed by atoms with Crippen LogP contribution in [-0.2, 0) is 11.3 Å². The second kappa shape index (κ2) is 12.2. The second-order valence-corrected chi connectivity index (χ2v) is 7.83. The number of alkyl carbamates (subject to hydrolysis) is 1. The van der Waals surface area contributed by atoms with Crippen LogP contribution in [0.5, 0.6) is 0 Å². The maximum atomic E-state index is 12.0. The highest BCUT2D eigenvalue weighted by atomic mass is 16.6. The number of rotatable bonds is 9. The highest BCUT2D eigenvalue weighted by molar-refractivity contribution is 5.80. The number of hydrogen-bond donors (Lipinski definition) is 3. The molecular formula is C21H37N5O2. The average Bonchev–Trinajstić information content (AvgIpc) is 2.60. The molecule has 0 saturated carbocycles. The van der Waals surface area contributed by atoms with Crippen molar-refractivity contribution in [2.75, 3.05) is 13.1 Å². The van der Waals surface area contributed by atoms with Crippen molar-refractivity contribution in [3.63, 3.8) is 0 Å². The van der Waals surface area contributed by atoms with Crippen molar-refractivity contribution in [1.29, 1.82) is 0 Å². The molecule has 0 spiro atoms. The summed E-state index contributed by atoms with van der Waals surface area (Å²) in [5.74, 6) is 0.720. The fourth-order valence-corrected chi connectivity index (χ4v) is 2.56. The quantitative estimate of drug-likeness (QED) is 0.443. The summed E-state index contributed by atoms with van der Waals surface area (Å²) in [5, 5.41) is 9.56. The summed E-state index contributed by atoms with van der Waals surface area (Å²) in [6.07, 6.45) is 2.68. The summed E-state index contributed by atoms with van der Waals surface area (Å²) in [5.41, 5.74) is 1.40. The molecule has 0 aromatic carbocycles. The van der Waals surface area contributed by atoms with Gasteiger partial charge in [-0.25, -0.2) is 9.79 Å². The lowest BCUT2D eigenvalue weighted by molar-refractivity contribution is 0.0523. The first-order valence-corrected chi connectivity index (χ1v) is 10.2. The van der Waals surface area contributed by atoms with Gasteiger partial charge in [-0.05, 0) is 53.2 Å². The van der Waals surface area contributed by atoms with Crippen molar-refractivity contribution >= 4 is 12.1 Å². The van der Waals surface area contributed by atoms with Gasteiger partial charge in [-0.2, -0.15) is 0 Å². The lowest BCUT2D eigenvalue weighted by Gasteiger charge is -2.24. The average molecular weight is 392 g/mol. The highest BCUT2D eigenvalue weighted by Gasteiger charge is 2.18. The zero-order chi connectivity index (χ0) is 21.0. The van der Waals surface area contributed by atoms with Crippen LogP contribution in [-0.4, -0.2) is 41.8 Å². The SMILES string of the molecule is CCCCC(CNC(=O)OC(C)(C)C)NC(=NCc1cccc(C)n1)NCC. The molecule has 0 bridgehead atoms. The monoisotopic (exact) mass is 391 g/mol. The van der Waals surface area contributed by atoms with Gasteiger partial charge in [0.1, 0.15) is 5.60 Å². The summed E-state index contributed by atoms with van der Waals surface area (Å²) in [7, 11) is 0. The molecule has 1 aromatic rings. The molecule has 0 aliphatic carbocycles. The van der Waals surface area contributed by atoms with E-state index in [9.17, 15) is 4.79 Å². The van der Waals surface area contributed by atoms with Crippen LogP contribution in [0.1, 0.15) is 65.3 Å². The maximum Gasteiger partial charge on any atom is 0.407 e. The normalized spacial score (nSPS) is 13.0. The Balaban J connectivity index is 2.72. The number of aromatic nitrogens is 1. The number of amides is 1. The van der Waals surface area contributed by atoms with Crippen LogP contribution in [0.4, 0.5) is 4.79 Å². The summed E-state index contributed by atoms with van der Waals surface area (Å²) in [6.45, 7) is 13.5. The Morgan fingerprint density at radius 1 is 1.25 bits per heavy atom. The van der Waals surface area contributed by atoms with Gasteiger partial charge < -0.3 is 20.7 Å². The van der Waals surface area contributed by atoms with Gasteiger partial charge in [0, 0.05) is 24.8 Å². The second-order valence-electron chi connectivity index (χ2n) is 7.83. The van der Waals surface area contributed by atoms with Crippen LogP contribution < -0.4 is 16.0 Å². The predicted molar refractivity (Wildman–Crippen MR) is 114 cm³/mol. The number of guanidine groups is 1. The Kier molecular flexibility index (Phi) is 10.3. The van der Waals surface area contributed by atoms with Gasteiger partial charge in [0.05, 0.1) is 12.2 Å². The lowest BCUT2D eigenvalue weighted by Crippen LogP contribution is -2.49. The summed E-state index contributed by atoms with van der Waals surface area (Å²) < 4.78 is 5.33. The largest absolute Gasteiger partial charge is 0.444 e. The van der Waals surface area contributed by atoms with E-state index in [1.807, 2.05) is 52.8 Å². The van der Waals surface area contributed by atoms with Crippen LogP contribution in [0.2, 0.25) is 0 Å². The fraction of sp³-hybridized carbons (Fsp3) is 0.667. The van der Waals surface area contributed by atoms with E-state index in [2.05, 4.69) is 32.9 Å². The van der Waals surface area contributed by atoms with Crippen LogP contribution in [0.25, 0.3) is 0 Å². The standard InChI is InChI=1S/C21H37N5O2/c1-7-9-12-18(15-24-20(27)28-21(4,5)6)26-19(22-8-2)23-14-17-13-10-11-16(3)25-17/h10-11,13,18H,7-9,12,14-15H2,1-6H3,(H,24,27)(H2,22,23,26). The minimum Gasteiger partial charge on any atom is -0.444 e. The molecule has 0 aliphatic heterocycles. The first-order chi connectivity index (χ1) is 13.2. The summed E-state index contributed by atoms with van der Waals surface area (Å²) in [4.78, 5) is 21.1. The first kappa shape index (κ1) is 23.7. The topological polar surface area (TPSA) is 87.6 Å². The zero-order valence-electron chi connectivity index (χ0n) is 18.3. The van der Waals surface area contributed by atoms with Crippen LogP contribution in [0.3, 0.4) is 0 Å². The van der Waals surface area contributed by atoms with Gasteiger partial charge in [-0.1, -0.05) is 25.8 Å². The van der Waals surface area contributed by atoms with Gasteiger partial charge >= 0.3 is 6.09 Å². The third kappa shape index (κ3) is 10.7. The van der Waals surface area contributed by atoms with E-state index in [1.54, 1.807) is 0 Å². The lowest BCUT2D eigenvalue weighted by atomic mass is 10.1. The van der Waals surface area contributed by atoms with E-state index < -0.39 is 11.7 Å². The smallest absolute Gasteiger partial charge is 0.407 e. The molecule has 7 nitrogen and oxygen atoms in total. The minimum absolute atomic E-state index is 0.0655. The number of unbranched alkanes of at least 4 members (excludes halogenated alkanes) is 1. The molecular weight excluding hydrogens is 354 g/mol. The van der Waals surface area contributed by atoms with E-state index in [-0.39, 0.29) is 6.04 Å². The van der Waals surface area contributed by atoms with E-state index in [1.165, 1.54) is 0 Å².